The Morgan fingerprint density at radius 1 is 1.42 bits per heavy atom. The molecule has 0 radical (unpaired) electrons. The molecule has 7 heteroatoms. The number of urea groups is 1. The first-order valence-electron chi connectivity index (χ1n) is 11.3. The Labute approximate surface area is 191 Å². The van der Waals surface area contributed by atoms with Gasteiger partial charge in [0.1, 0.15) is 5.84 Å². The van der Waals surface area contributed by atoms with E-state index in [1.165, 1.54) is 10.5 Å². The summed E-state index contributed by atoms with van der Waals surface area (Å²) in [5.74, 6) is 2.35. The number of hydrogen-bond acceptors (Lipinski definition) is 4. The largest absolute Gasteiger partial charge is 0.377 e. The number of thioether (sulfide) groups is 1. The molecule has 2 unspecified atom stereocenters. The Bertz CT molecular complexity index is 798. The van der Waals surface area contributed by atoms with Crippen LogP contribution in [0.1, 0.15) is 44.6 Å². The molecule has 1 aromatic carbocycles. The Morgan fingerprint density at radius 2 is 2.23 bits per heavy atom. The maximum absolute atomic E-state index is 11.9. The number of hydrogen-bond donors (Lipinski definition) is 1. The van der Waals surface area contributed by atoms with E-state index in [0.717, 1.165) is 62.8 Å². The Kier molecular flexibility index (Phi) is 8.84. The van der Waals surface area contributed by atoms with E-state index in [-0.39, 0.29) is 12.1 Å². The molecule has 0 saturated carbocycles. The molecule has 1 aromatic rings. The zero-order valence-corrected chi connectivity index (χ0v) is 19.9. The molecule has 0 spiro atoms. The summed E-state index contributed by atoms with van der Waals surface area (Å²) < 4.78 is 6.29. The Morgan fingerprint density at radius 3 is 3.00 bits per heavy atom. The Hall–Kier alpha value is -1.99. The molecule has 2 atom stereocenters. The van der Waals surface area contributed by atoms with Gasteiger partial charge in [-0.25, -0.2) is 4.79 Å². The molecule has 1 N–H and O–H groups in total. The number of fused-ring (bicyclic) bond motifs is 1. The average molecular weight is 445 g/mol. The maximum Gasteiger partial charge on any atom is 0.342 e. The van der Waals surface area contributed by atoms with Crippen LogP contribution in [0.2, 0.25) is 0 Å². The topological polar surface area (TPSA) is 57.2 Å². The summed E-state index contributed by atoms with van der Waals surface area (Å²) in [6.07, 6.45) is 3.06. The second kappa shape index (κ2) is 11.6. The quantitative estimate of drug-likeness (QED) is 0.367. The Balaban J connectivity index is 1.33. The number of aliphatic imine (C=N–C) groups is 1. The highest BCUT2D eigenvalue weighted by Crippen LogP contribution is 2.39. The van der Waals surface area contributed by atoms with E-state index in [0.29, 0.717) is 12.5 Å². The molecule has 2 amide bonds. The van der Waals surface area contributed by atoms with Gasteiger partial charge in [0.25, 0.3) is 0 Å². The first-order valence-corrected chi connectivity index (χ1v) is 12.3. The van der Waals surface area contributed by atoms with Gasteiger partial charge in [-0.3, -0.25) is 0 Å². The summed E-state index contributed by atoms with van der Waals surface area (Å²) in [4.78, 5) is 21.7. The summed E-state index contributed by atoms with van der Waals surface area (Å²) in [7, 11) is 1.93. The van der Waals surface area contributed by atoms with E-state index in [1.54, 1.807) is 0 Å². The molecule has 1 fully saturated rings. The summed E-state index contributed by atoms with van der Waals surface area (Å²) in [5.41, 5.74) is 2.58. The lowest BCUT2D eigenvalue weighted by molar-refractivity contribution is 0.0175. The molecule has 6 nitrogen and oxygen atoms in total. The molecule has 1 saturated heterocycles. The van der Waals surface area contributed by atoms with Gasteiger partial charge in [0.2, 0.25) is 0 Å². The number of piperidine rings is 1. The van der Waals surface area contributed by atoms with Crippen molar-refractivity contribution in [2.75, 3.05) is 45.6 Å². The van der Waals surface area contributed by atoms with Gasteiger partial charge in [-0.05, 0) is 38.3 Å². The number of rotatable bonds is 8. The maximum atomic E-state index is 11.9. The number of amidine groups is 1. The molecule has 3 rings (SSSR count). The fourth-order valence-corrected chi connectivity index (χ4v) is 5.18. The number of carbonyl (C=O) groups is 1. The number of benzene rings is 1. The minimum atomic E-state index is -0.268. The van der Waals surface area contributed by atoms with E-state index >= 15 is 0 Å². The minimum absolute atomic E-state index is 0.258. The van der Waals surface area contributed by atoms with Gasteiger partial charge < -0.3 is 19.9 Å². The van der Waals surface area contributed by atoms with Gasteiger partial charge in [-0.1, -0.05) is 24.8 Å². The lowest BCUT2D eigenvalue weighted by atomic mass is 10.0. The van der Waals surface area contributed by atoms with Crippen LogP contribution in [0.5, 0.6) is 0 Å². The van der Waals surface area contributed by atoms with Crippen LogP contribution in [0.15, 0.2) is 46.4 Å². The SMILES string of the molecule is C=C1CC(OCC2CSc3ccccc32)CCN1CCCNC(=O)/N=C(/C)N(C)CC. The predicted molar refractivity (Wildman–Crippen MR) is 129 cm³/mol. The van der Waals surface area contributed by atoms with Gasteiger partial charge in [0, 0.05) is 61.9 Å². The van der Waals surface area contributed by atoms with E-state index in [2.05, 4.69) is 46.1 Å². The van der Waals surface area contributed by atoms with Crippen molar-refractivity contribution in [3.63, 3.8) is 0 Å². The monoisotopic (exact) mass is 444 g/mol. The summed E-state index contributed by atoms with van der Waals surface area (Å²) in [5, 5.41) is 2.88. The summed E-state index contributed by atoms with van der Waals surface area (Å²) in [6, 6.07) is 8.41. The van der Waals surface area contributed by atoms with E-state index in [4.69, 9.17) is 4.74 Å². The van der Waals surface area contributed by atoms with Crippen molar-refractivity contribution in [2.45, 2.75) is 50.0 Å². The van der Waals surface area contributed by atoms with E-state index in [1.807, 2.05) is 37.6 Å². The molecular weight excluding hydrogens is 408 g/mol. The predicted octanol–water partition coefficient (Wildman–Crippen LogP) is 4.34. The highest BCUT2D eigenvalue weighted by molar-refractivity contribution is 7.99. The fraction of sp³-hybridized carbons (Fsp3) is 0.583. The molecule has 31 heavy (non-hydrogen) atoms. The third-order valence-electron chi connectivity index (χ3n) is 6.13. The van der Waals surface area contributed by atoms with Gasteiger partial charge in [-0.15, -0.1) is 11.8 Å². The summed E-state index contributed by atoms with van der Waals surface area (Å²) >= 11 is 1.94. The minimum Gasteiger partial charge on any atom is -0.377 e. The molecule has 0 bridgehead atoms. The van der Waals surface area contributed by atoms with Crippen LogP contribution >= 0.6 is 11.8 Å². The molecule has 2 aliphatic rings. The average Bonchev–Trinajstić information content (AvgIpc) is 3.18. The molecule has 0 aliphatic carbocycles. The first-order chi connectivity index (χ1) is 15.0. The molecule has 2 aliphatic heterocycles. The second-order valence-electron chi connectivity index (χ2n) is 8.31. The lowest BCUT2D eigenvalue weighted by Crippen LogP contribution is -2.37. The van der Waals surface area contributed by atoms with Crippen molar-refractivity contribution in [3.8, 4) is 0 Å². The van der Waals surface area contributed by atoms with Crippen LogP contribution < -0.4 is 5.32 Å². The number of ether oxygens (including phenoxy) is 1. The van der Waals surface area contributed by atoms with Crippen molar-refractivity contribution in [1.29, 1.82) is 0 Å². The normalized spacial score (nSPS) is 21.2. The van der Waals surface area contributed by atoms with Crippen LogP contribution in [0.3, 0.4) is 0 Å². The van der Waals surface area contributed by atoms with Gasteiger partial charge >= 0.3 is 6.03 Å². The van der Waals surface area contributed by atoms with Gasteiger partial charge in [0.15, 0.2) is 0 Å². The second-order valence-corrected chi connectivity index (χ2v) is 9.37. The third-order valence-corrected chi connectivity index (χ3v) is 7.39. The number of amides is 2. The number of likely N-dealkylation sites (tertiary alicyclic amines) is 1. The lowest BCUT2D eigenvalue weighted by Gasteiger charge is -2.35. The van der Waals surface area contributed by atoms with Crippen molar-refractivity contribution >= 4 is 23.6 Å². The van der Waals surface area contributed by atoms with E-state index in [9.17, 15) is 4.79 Å². The van der Waals surface area contributed by atoms with Crippen LogP contribution in [0, 0.1) is 0 Å². The van der Waals surface area contributed by atoms with Crippen LogP contribution in [-0.4, -0.2) is 73.4 Å². The molecule has 2 heterocycles. The molecule has 0 aromatic heterocycles. The van der Waals surface area contributed by atoms with E-state index < -0.39 is 0 Å². The van der Waals surface area contributed by atoms with Gasteiger partial charge in [0.05, 0.1) is 12.7 Å². The highest BCUT2D eigenvalue weighted by Gasteiger charge is 2.26. The van der Waals surface area contributed by atoms with Crippen molar-refractivity contribution in [2.24, 2.45) is 4.99 Å². The van der Waals surface area contributed by atoms with Crippen molar-refractivity contribution in [1.82, 2.24) is 15.1 Å². The highest BCUT2D eigenvalue weighted by atomic mass is 32.2. The van der Waals surface area contributed by atoms with Crippen LogP contribution in [0.4, 0.5) is 4.79 Å². The zero-order chi connectivity index (χ0) is 22.2. The van der Waals surface area contributed by atoms with Crippen molar-refractivity contribution < 1.29 is 9.53 Å². The third kappa shape index (κ3) is 6.74. The van der Waals surface area contributed by atoms with Crippen molar-refractivity contribution in [3.05, 3.63) is 42.1 Å². The molecule has 170 valence electrons. The number of carbonyl (C=O) groups excluding carboxylic acids is 1. The number of nitrogens with one attached hydrogen (secondary N) is 1. The van der Waals surface area contributed by atoms with Crippen LogP contribution in [0.25, 0.3) is 0 Å². The van der Waals surface area contributed by atoms with Gasteiger partial charge in [-0.2, -0.15) is 4.99 Å². The first kappa shape index (κ1) is 23.7. The van der Waals surface area contributed by atoms with Crippen LogP contribution in [-0.2, 0) is 4.74 Å². The standard InChI is InChI=1S/C24H36N4O2S/c1-5-27(4)19(3)26-24(29)25-12-8-13-28-14-11-21(15-18(28)2)30-16-20-17-31-23-10-7-6-9-22(20)23/h6-7,9-10,20-21H,2,5,8,11-17H2,1,3-4H3,(H,25,29)/b26-19-. The zero-order valence-electron chi connectivity index (χ0n) is 19.1. The number of nitrogens with zero attached hydrogens (tertiary/aromatic N) is 3. The molecular formula is C24H36N4O2S. The fourth-order valence-electron chi connectivity index (χ4n) is 3.95. The smallest absolute Gasteiger partial charge is 0.342 e. The summed E-state index contributed by atoms with van der Waals surface area (Å²) in [6.45, 7) is 12.3.